The molecule has 5 nitrogen and oxygen atoms in total. The van der Waals surface area contributed by atoms with Gasteiger partial charge in [-0.25, -0.2) is 4.98 Å². The molecule has 19 heavy (non-hydrogen) atoms. The van der Waals surface area contributed by atoms with Crippen LogP contribution in [-0.4, -0.2) is 41.6 Å². The van der Waals surface area contributed by atoms with Crippen molar-refractivity contribution in [2.75, 3.05) is 26.9 Å². The summed E-state index contributed by atoms with van der Waals surface area (Å²) in [5.41, 5.74) is 1.84. The molecule has 0 saturated carbocycles. The highest BCUT2D eigenvalue weighted by atomic mass is 16.5. The van der Waals surface area contributed by atoms with Crippen LogP contribution in [0.3, 0.4) is 0 Å². The van der Waals surface area contributed by atoms with Crippen molar-refractivity contribution in [3.63, 3.8) is 0 Å². The van der Waals surface area contributed by atoms with Gasteiger partial charge in [0.25, 0.3) is 0 Å². The highest BCUT2D eigenvalue weighted by molar-refractivity contribution is 5.80. The monoisotopic (exact) mass is 264 g/mol. The normalized spacial score (nSPS) is 11.3. The lowest BCUT2D eigenvalue weighted by Crippen LogP contribution is -2.06. The van der Waals surface area contributed by atoms with Crippen LogP contribution in [0, 0.1) is 0 Å². The van der Waals surface area contributed by atoms with E-state index in [0.717, 1.165) is 29.6 Å². The molecule has 0 aliphatic rings. The summed E-state index contributed by atoms with van der Waals surface area (Å²) in [5.74, 6) is 0. The fourth-order valence-electron chi connectivity index (χ4n) is 2.07. The number of aromatic nitrogens is 2. The average molecular weight is 264 g/mol. The Kier molecular flexibility index (Phi) is 5.32. The molecule has 0 spiro atoms. The van der Waals surface area contributed by atoms with Crippen molar-refractivity contribution in [3.05, 3.63) is 30.1 Å². The van der Waals surface area contributed by atoms with Gasteiger partial charge in [-0.2, -0.15) is 0 Å². The fourth-order valence-corrected chi connectivity index (χ4v) is 2.07. The smallest absolute Gasteiger partial charge is 0.140 e. The first-order valence-electron chi connectivity index (χ1n) is 6.47. The SMILES string of the molecule is COCCOCCCn1cc(CO)c2cccnc21. The van der Waals surface area contributed by atoms with Crippen molar-refractivity contribution in [1.82, 2.24) is 9.55 Å². The van der Waals surface area contributed by atoms with Gasteiger partial charge in [-0.05, 0) is 18.6 Å². The maximum atomic E-state index is 9.34. The number of pyridine rings is 1. The van der Waals surface area contributed by atoms with Crippen molar-refractivity contribution in [2.45, 2.75) is 19.6 Å². The van der Waals surface area contributed by atoms with Crippen LogP contribution >= 0.6 is 0 Å². The molecule has 0 atom stereocenters. The van der Waals surface area contributed by atoms with Crippen molar-refractivity contribution >= 4 is 11.0 Å². The first-order chi connectivity index (χ1) is 9.36. The summed E-state index contributed by atoms with van der Waals surface area (Å²) in [6.07, 6.45) is 4.65. The van der Waals surface area contributed by atoms with Crippen LogP contribution in [0.1, 0.15) is 12.0 Å². The van der Waals surface area contributed by atoms with Gasteiger partial charge in [-0.1, -0.05) is 0 Å². The summed E-state index contributed by atoms with van der Waals surface area (Å²) in [6, 6.07) is 3.87. The molecule has 1 N–H and O–H groups in total. The van der Waals surface area contributed by atoms with Gasteiger partial charge < -0.3 is 19.1 Å². The quantitative estimate of drug-likeness (QED) is 0.735. The van der Waals surface area contributed by atoms with Gasteiger partial charge in [-0.15, -0.1) is 0 Å². The predicted octanol–water partition coefficient (Wildman–Crippen LogP) is 1.58. The van der Waals surface area contributed by atoms with E-state index >= 15 is 0 Å². The van der Waals surface area contributed by atoms with Gasteiger partial charge in [0.05, 0.1) is 19.8 Å². The zero-order valence-electron chi connectivity index (χ0n) is 11.2. The third-order valence-electron chi connectivity index (χ3n) is 3.01. The summed E-state index contributed by atoms with van der Waals surface area (Å²) >= 11 is 0. The number of rotatable bonds is 8. The number of fused-ring (bicyclic) bond motifs is 1. The van der Waals surface area contributed by atoms with Gasteiger partial charge in [0.1, 0.15) is 5.65 Å². The minimum absolute atomic E-state index is 0.0412. The van der Waals surface area contributed by atoms with Gasteiger partial charge in [0.15, 0.2) is 0 Å². The minimum atomic E-state index is 0.0412. The second-order valence-corrected chi connectivity index (χ2v) is 4.34. The lowest BCUT2D eigenvalue weighted by atomic mass is 10.2. The van der Waals surface area contributed by atoms with E-state index in [2.05, 4.69) is 9.55 Å². The molecule has 104 valence electrons. The highest BCUT2D eigenvalue weighted by Crippen LogP contribution is 2.19. The third-order valence-corrected chi connectivity index (χ3v) is 3.01. The Morgan fingerprint density at radius 3 is 3.00 bits per heavy atom. The minimum Gasteiger partial charge on any atom is -0.392 e. The average Bonchev–Trinajstić information content (AvgIpc) is 2.81. The number of methoxy groups -OCH3 is 1. The Morgan fingerprint density at radius 2 is 2.21 bits per heavy atom. The molecule has 5 heteroatoms. The number of nitrogens with zero attached hydrogens (tertiary/aromatic N) is 2. The number of hydrogen-bond donors (Lipinski definition) is 1. The number of aliphatic hydroxyl groups excluding tert-OH is 1. The van der Waals surface area contributed by atoms with E-state index in [0.29, 0.717) is 19.8 Å². The number of aryl methyl sites for hydroxylation is 1. The molecule has 0 saturated heterocycles. The van der Waals surface area contributed by atoms with Gasteiger partial charge in [0.2, 0.25) is 0 Å². The van der Waals surface area contributed by atoms with Crippen LogP contribution in [-0.2, 0) is 22.6 Å². The Labute approximate surface area is 112 Å². The fraction of sp³-hybridized carbons (Fsp3) is 0.500. The van der Waals surface area contributed by atoms with Gasteiger partial charge in [-0.3, -0.25) is 0 Å². The molecule has 0 aliphatic heterocycles. The van der Waals surface area contributed by atoms with E-state index in [1.807, 2.05) is 18.3 Å². The maximum Gasteiger partial charge on any atom is 0.140 e. The first-order valence-corrected chi connectivity index (χ1v) is 6.47. The molecule has 2 rings (SSSR count). The molecule has 0 unspecified atom stereocenters. The Bertz CT molecular complexity index is 510. The molecule has 2 aromatic rings. The van der Waals surface area contributed by atoms with Crippen LogP contribution < -0.4 is 0 Å². The lowest BCUT2D eigenvalue weighted by Gasteiger charge is -2.05. The molecule has 2 aromatic heterocycles. The lowest BCUT2D eigenvalue weighted by molar-refractivity contribution is 0.0681. The summed E-state index contributed by atoms with van der Waals surface area (Å²) in [4.78, 5) is 4.37. The summed E-state index contributed by atoms with van der Waals surface area (Å²) in [5, 5.41) is 10.4. The van der Waals surface area contributed by atoms with Crippen LogP contribution in [0.15, 0.2) is 24.5 Å². The van der Waals surface area contributed by atoms with Crippen molar-refractivity contribution in [3.8, 4) is 0 Å². The Hall–Kier alpha value is -1.43. The van der Waals surface area contributed by atoms with Crippen LogP contribution in [0.4, 0.5) is 0 Å². The van der Waals surface area contributed by atoms with Gasteiger partial charge >= 0.3 is 0 Å². The Morgan fingerprint density at radius 1 is 1.32 bits per heavy atom. The van der Waals surface area contributed by atoms with E-state index in [4.69, 9.17) is 9.47 Å². The molecule has 0 bridgehead atoms. The molecule has 0 aliphatic carbocycles. The molecule has 0 radical (unpaired) electrons. The van der Waals surface area contributed by atoms with Gasteiger partial charge in [0, 0.05) is 43.6 Å². The van der Waals surface area contributed by atoms with E-state index < -0.39 is 0 Å². The first kappa shape index (κ1) is 14.0. The number of ether oxygens (including phenoxy) is 2. The standard InChI is InChI=1S/C14H20N2O3/c1-18-8-9-19-7-3-6-16-10-12(11-17)13-4-2-5-15-14(13)16/h2,4-5,10,17H,3,6-9,11H2,1H3. The largest absolute Gasteiger partial charge is 0.392 e. The zero-order chi connectivity index (χ0) is 13.5. The second-order valence-electron chi connectivity index (χ2n) is 4.34. The summed E-state index contributed by atoms with van der Waals surface area (Å²) in [7, 11) is 1.66. The number of hydrogen-bond acceptors (Lipinski definition) is 4. The maximum absolute atomic E-state index is 9.34. The second kappa shape index (κ2) is 7.23. The summed E-state index contributed by atoms with van der Waals surface area (Å²) < 4.78 is 12.4. The predicted molar refractivity (Wildman–Crippen MR) is 73.0 cm³/mol. The van der Waals surface area contributed by atoms with Crippen LogP contribution in [0.5, 0.6) is 0 Å². The third kappa shape index (κ3) is 3.53. The summed E-state index contributed by atoms with van der Waals surface area (Å²) in [6.45, 7) is 2.83. The zero-order valence-corrected chi connectivity index (χ0v) is 11.2. The Balaban J connectivity index is 1.93. The highest BCUT2D eigenvalue weighted by Gasteiger charge is 2.07. The molecule has 2 heterocycles. The van der Waals surface area contributed by atoms with E-state index in [1.54, 1.807) is 13.3 Å². The molecule has 0 amide bonds. The van der Waals surface area contributed by atoms with Crippen LogP contribution in [0.25, 0.3) is 11.0 Å². The van der Waals surface area contributed by atoms with Crippen LogP contribution in [0.2, 0.25) is 0 Å². The van der Waals surface area contributed by atoms with E-state index in [1.165, 1.54) is 0 Å². The van der Waals surface area contributed by atoms with E-state index in [-0.39, 0.29) is 6.61 Å². The molecular formula is C14H20N2O3. The topological polar surface area (TPSA) is 56.5 Å². The van der Waals surface area contributed by atoms with E-state index in [9.17, 15) is 5.11 Å². The van der Waals surface area contributed by atoms with Crippen molar-refractivity contribution in [2.24, 2.45) is 0 Å². The molecule has 0 aromatic carbocycles. The number of aliphatic hydroxyl groups is 1. The van der Waals surface area contributed by atoms with Crippen molar-refractivity contribution in [1.29, 1.82) is 0 Å². The molecule has 0 fully saturated rings. The molecular weight excluding hydrogens is 244 g/mol. The van der Waals surface area contributed by atoms with Crippen molar-refractivity contribution < 1.29 is 14.6 Å².